The fourth-order valence-electron chi connectivity index (χ4n) is 2.79. The van der Waals surface area contributed by atoms with E-state index in [0.29, 0.717) is 18.9 Å². The standard InChI is InChI=1S/C17H26N2O3/c1-18(12-14-7-8-17(20)19(2)13-14)9-10-22-16-6-4-5-15(11-16)21-3/h4-6,11,14H,7-10,12-13H2,1-3H3. The average Bonchev–Trinajstić information content (AvgIpc) is 2.51. The number of benzene rings is 1. The van der Waals surface area contributed by atoms with Gasteiger partial charge >= 0.3 is 0 Å². The van der Waals surface area contributed by atoms with E-state index in [1.54, 1.807) is 7.11 Å². The topological polar surface area (TPSA) is 42.0 Å². The zero-order chi connectivity index (χ0) is 15.9. The number of likely N-dealkylation sites (tertiary alicyclic amines) is 1. The van der Waals surface area contributed by atoms with Crippen molar-refractivity contribution < 1.29 is 14.3 Å². The second kappa shape index (κ2) is 8.03. The van der Waals surface area contributed by atoms with E-state index in [4.69, 9.17) is 9.47 Å². The molecule has 22 heavy (non-hydrogen) atoms. The Morgan fingerprint density at radius 1 is 1.36 bits per heavy atom. The highest BCUT2D eigenvalue weighted by Gasteiger charge is 2.23. The lowest BCUT2D eigenvalue weighted by Crippen LogP contribution is -2.41. The fourth-order valence-corrected chi connectivity index (χ4v) is 2.79. The summed E-state index contributed by atoms with van der Waals surface area (Å²) in [5, 5.41) is 0. The van der Waals surface area contributed by atoms with Gasteiger partial charge in [0.05, 0.1) is 7.11 Å². The number of ether oxygens (including phenoxy) is 2. The molecule has 0 saturated carbocycles. The fraction of sp³-hybridized carbons (Fsp3) is 0.588. The highest BCUT2D eigenvalue weighted by atomic mass is 16.5. The third-order valence-corrected chi connectivity index (χ3v) is 4.08. The van der Waals surface area contributed by atoms with E-state index in [1.807, 2.05) is 36.2 Å². The number of hydrogen-bond donors (Lipinski definition) is 0. The summed E-state index contributed by atoms with van der Waals surface area (Å²) in [4.78, 5) is 15.6. The average molecular weight is 306 g/mol. The third-order valence-electron chi connectivity index (χ3n) is 4.08. The van der Waals surface area contributed by atoms with E-state index in [0.717, 1.165) is 37.6 Å². The molecule has 1 aromatic rings. The maximum Gasteiger partial charge on any atom is 0.222 e. The van der Waals surface area contributed by atoms with Gasteiger partial charge in [0.2, 0.25) is 5.91 Å². The van der Waals surface area contributed by atoms with E-state index in [2.05, 4.69) is 11.9 Å². The predicted octanol–water partition coefficient (Wildman–Crippen LogP) is 1.87. The lowest BCUT2D eigenvalue weighted by molar-refractivity contribution is -0.133. The van der Waals surface area contributed by atoms with Crippen molar-refractivity contribution in [1.29, 1.82) is 0 Å². The van der Waals surface area contributed by atoms with Gasteiger partial charge in [0, 0.05) is 39.2 Å². The summed E-state index contributed by atoms with van der Waals surface area (Å²) in [7, 11) is 5.64. The molecule has 1 atom stereocenters. The van der Waals surface area contributed by atoms with E-state index in [1.165, 1.54) is 0 Å². The highest BCUT2D eigenvalue weighted by molar-refractivity contribution is 5.76. The monoisotopic (exact) mass is 306 g/mol. The Morgan fingerprint density at radius 3 is 2.86 bits per heavy atom. The van der Waals surface area contributed by atoms with Crippen LogP contribution in [0.4, 0.5) is 0 Å². The third kappa shape index (κ3) is 4.91. The van der Waals surface area contributed by atoms with Crippen molar-refractivity contribution in [2.24, 2.45) is 5.92 Å². The summed E-state index contributed by atoms with van der Waals surface area (Å²) < 4.78 is 10.9. The van der Waals surface area contributed by atoms with Gasteiger partial charge in [0.25, 0.3) is 0 Å². The van der Waals surface area contributed by atoms with Crippen LogP contribution >= 0.6 is 0 Å². The Balaban J connectivity index is 1.69. The van der Waals surface area contributed by atoms with E-state index in [-0.39, 0.29) is 5.91 Å². The molecule has 0 aromatic heterocycles. The summed E-state index contributed by atoms with van der Waals surface area (Å²) in [5.74, 6) is 2.46. The van der Waals surface area contributed by atoms with Gasteiger partial charge in [-0.1, -0.05) is 6.07 Å². The molecule has 0 bridgehead atoms. The minimum absolute atomic E-state index is 0.264. The minimum Gasteiger partial charge on any atom is -0.497 e. The number of carbonyl (C=O) groups is 1. The number of rotatable bonds is 7. The lowest BCUT2D eigenvalue weighted by atomic mass is 9.97. The molecule has 1 aliphatic heterocycles. The Labute approximate surface area is 132 Å². The zero-order valence-corrected chi connectivity index (χ0v) is 13.7. The molecule has 0 aliphatic carbocycles. The van der Waals surface area contributed by atoms with Gasteiger partial charge in [0.15, 0.2) is 0 Å². The van der Waals surface area contributed by atoms with Crippen molar-refractivity contribution in [2.75, 3.05) is 47.4 Å². The van der Waals surface area contributed by atoms with Crippen LogP contribution in [0.1, 0.15) is 12.8 Å². The molecule has 1 aromatic carbocycles. The van der Waals surface area contributed by atoms with Crippen LogP contribution in [0.5, 0.6) is 11.5 Å². The summed E-state index contributed by atoms with van der Waals surface area (Å²) in [6.45, 7) is 3.37. The smallest absolute Gasteiger partial charge is 0.222 e. The van der Waals surface area contributed by atoms with Gasteiger partial charge in [-0.2, -0.15) is 0 Å². The number of amides is 1. The Bertz CT molecular complexity index is 493. The van der Waals surface area contributed by atoms with Crippen LogP contribution in [-0.2, 0) is 4.79 Å². The number of nitrogens with zero attached hydrogens (tertiary/aromatic N) is 2. The van der Waals surface area contributed by atoms with Gasteiger partial charge in [-0.25, -0.2) is 0 Å². The molecule has 1 heterocycles. The number of carbonyl (C=O) groups excluding carboxylic acids is 1. The van der Waals surface area contributed by atoms with Crippen LogP contribution < -0.4 is 9.47 Å². The molecular weight excluding hydrogens is 280 g/mol. The van der Waals surface area contributed by atoms with Crippen molar-refractivity contribution in [3.8, 4) is 11.5 Å². The molecule has 2 rings (SSSR count). The normalized spacial score (nSPS) is 18.6. The first-order valence-corrected chi connectivity index (χ1v) is 7.78. The maximum absolute atomic E-state index is 11.5. The minimum atomic E-state index is 0.264. The van der Waals surface area contributed by atoms with Crippen LogP contribution in [0.15, 0.2) is 24.3 Å². The molecule has 122 valence electrons. The Morgan fingerprint density at radius 2 is 2.14 bits per heavy atom. The van der Waals surface area contributed by atoms with Gasteiger partial charge in [-0.05, 0) is 31.5 Å². The molecule has 0 N–H and O–H groups in total. The van der Waals surface area contributed by atoms with Crippen molar-refractivity contribution in [3.63, 3.8) is 0 Å². The molecule has 0 radical (unpaired) electrons. The molecule has 1 unspecified atom stereocenters. The first-order valence-electron chi connectivity index (χ1n) is 7.78. The van der Waals surface area contributed by atoms with E-state index >= 15 is 0 Å². The first kappa shape index (κ1) is 16.6. The molecular formula is C17H26N2O3. The van der Waals surface area contributed by atoms with Crippen LogP contribution in [0.2, 0.25) is 0 Å². The lowest BCUT2D eigenvalue weighted by Gasteiger charge is -2.32. The molecule has 1 aliphatic rings. The van der Waals surface area contributed by atoms with Crippen molar-refractivity contribution in [3.05, 3.63) is 24.3 Å². The molecule has 1 amide bonds. The second-order valence-electron chi connectivity index (χ2n) is 5.97. The predicted molar refractivity (Wildman–Crippen MR) is 86.3 cm³/mol. The van der Waals surface area contributed by atoms with Gasteiger partial charge in [-0.3, -0.25) is 4.79 Å². The van der Waals surface area contributed by atoms with Crippen molar-refractivity contribution >= 4 is 5.91 Å². The van der Waals surface area contributed by atoms with Crippen LogP contribution in [0.25, 0.3) is 0 Å². The van der Waals surface area contributed by atoms with Crippen molar-refractivity contribution in [2.45, 2.75) is 12.8 Å². The van der Waals surface area contributed by atoms with Gasteiger partial charge in [0.1, 0.15) is 18.1 Å². The SMILES string of the molecule is COc1cccc(OCCN(C)CC2CCC(=O)N(C)C2)c1. The van der Waals surface area contributed by atoms with Crippen molar-refractivity contribution in [1.82, 2.24) is 9.80 Å². The summed E-state index contributed by atoms with van der Waals surface area (Å²) in [6, 6.07) is 7.65. The van der Waals surface area contributed by atoms with Crippen LogP contribution in [0.3, 0.4) is 0 Å². The maximum atomic E-state index is 11.5. The first-order chi connectivity index (χ1) is 10.6. The quantitative estimate of drug-likeness (QED) is 0.771. The number of piperidine rings is 1. The van der Waals surface area contributed by atoms with Crippen LogP contribution in [-0.4, -0.2) is 63.2 Å². The molecule has 5 heteroatoms. The largest absolute Gasteiger partial charge is 0.497 e. The molecule has 1 fully saturated rings. The number of methoxy groups -OCH3 is 1. The zero-order valence-electron chi connectivity index (χ0n) is 13.7. The van der Waals surface area contributed by atoms with E-state index in [9.17, 15) is 4.79 Å². The summed E-state index contributed by atoms with van der Waals surface area (Å²) >= 11 is 0. The molecule has 5 nitrogen and oxygen atoms in total. The summed E-state index contributed by atoms with van der Waals surface area (Å²) in [5.41, 5.74) is 0. The number of likely N-dealkylation sites (N-methyl/N-ethyl adjacent to an activating group) is 1. The Kier molecular flexibility index (Phi) is 6.07. The molecule has 0 spiro atoms. The molecule has 1 saturated heterocycles. The van der Waals surface area contributed by atoms with E-state index < -0.39 is 0 Å². The van der Waals surface area contributed by atoms with Gasteiger partial charge < -0.3 is 19.3 Å². The Hall–Kier alpha value is -1.75. The van der Waals surface area contributed by atoms with Crippen LogP contribution in [0, 0.1) is 5.92 Å². The van der Waals surface area contributed by atoms with Gasteiger partial charge in [-0.15, -0.1) is 0 Å². The number of hydrogen-bond acceptors (Lipinski definition) is 4. The highest BCUT2D eigenvalue weighted by Crippen LogP contribution is 2.19. The second-order valence-corrected chi connectivity index (χ2v) is 5.97. The summed E-state index contributed by atoms with van der Waals surface area (Å²) in [6.07, 6.45) is 1.67.